The van der Waals surface area contributed by atoms with Crippen LogP contribution in [-0.2, 0) is 7.05 Å². The zero-order chi connectivity index (χ0) is 9.72. The first-order chi connectivity index (χ1) is 5.61. The summed E-state index contributed by atoms with van der Waals surface area (Å²) in [6.07, 6.45) is 1.47. The van der Waals surface area contributed by atoms with Crippen molar-refractivity contribution in [2.24, 2.45) is 7.05 Å². The number of aromatic nitrogens is 1. The Kier molecular flexibility index (Phi) is 4.26. The van der Waals surface area contributed by atoms with Crippen LogP contribution in [0.2, 0.25) is 0 Å². The molecule has 0 saturated heterocycles. The fourth-order valence-corrected chi connectivity index (χ4v) is 0.740. The fourth-order valence-electron chi connectivity index (χ4n) is 0.740. The lowest BCUT2D eigenvalue weighted by atomic mass is 10.3. The van der Waals surface area contributed by atoms with Gasteiger partial charge < -0.3 is 4.57 Å². The van der Waals surface area contributed by atoms with Gasteiger partial charge in [-0.15, -0.1) is 0 Å². The average Bonchev–Trinajstić information content (AvgIpc) is 2.05. The summed E-state index contributed by atoms with van der Waals surface area (Å²) in [4.78, 5) is 10.7. The van der Waals surface area contributed by atoms with Crippen LogP contribution in [0.25, 0.3) is 0 Å². The summed E-state index contributed by atoms with van der Waals surface area (Å²) in [6.45, 7) is 5.62. The molecule has 2 nitrogen and oxygen atoms in total. The van der Waals surface area contributed by atoms with E-state index in [0.717, 1.165) is 6.07 Å². The Labute approximate surface area is 71.7 Å². The van der Waals surface area contributed by atoms with Gasteiger partial charge in [-0.3, -0.25) is 4.79 Å². The van der Waals surface area contributed by atoms with E-state index >= 15 is 0 Å². The van der Waals surface area contributed by atoms with Crippen molar-refractivity contribution in [1.29, 1.82) is 0 Å². The summed E-state index contributed by atoms with van der Waals surface area (Å²) in [5.41, 5.74) is 0.171. The third-order valence-corrected chi connectivity index (χ3v) is 1.36. The van der Waals surface area contributed by atoms with Crippen LogP contribution in [0.15, 0.2) is 17.1 Å². The second-order valence-electron chi connectivity index (χ2n) is 2.25. The van der Waals surface area contributed by atoms with E-state index in [-0.39, 0.29) is 5.56 Å². The van der Waals surface area contributed by atoms with Gasteiger partial charge in [0.2, 0.25) is 0 Å². The molecule has 68 valence electrons. The number of hydrogen-bond acceptors (Lipinski definition) is 1. The third-order valence-electron chi connectivity index (χ3n) is 1.36. The summed E-state index contributed by atoms with van der Waals surface area (Å²) in [5, 5.41) is 0. The van der Waals surface area contributed by atoms with Gasteiger partial charge in [0.15, 0.2) is 0 Å². The molecule has 0 amide bonds. The van der Waals surface area contributed by atoms with Crippen LogP contribution in [0.1, 0.15) is 19.4 Å². The maximum atomic E-state index is 12.5. The molecule has 0 N–H and O–H groups in total. The van der Waals surface area contributed by atoms with E-state index in [9.17, 15) is 9.18 Å². The minimum absolute atomic E-state index is 0.317. The highest BCUT2D eigenvalue weighted by atomic mass is 19.1. The second kappa shape index (κ2) is 4.70. The molecule has 0 atom stereocenters. The van der Waals surface area contributed by atoms with Crippen molar-refractivity contribution in [3.05, 3.63) is 34.0 Å². The van der Waals surface area contributed by atoms with Gasteiger partial charge in [0.1, 0.15) is 5.82 Å². The quantitative estimate of drug-likeness (QED) is 0.584. The van der Waals surface area contributed by atoms with Gasteiger partial charge in [0, 0.05) is 24.9 Å². The number of halogens is 1. The lowest BCUT2D eigenvalue weighted by molar-refractivity contribution is 0.606. The fraction of sp³-hybridized carbons (Fsp3) is 0.444. The Morgan fingerprint density at radius 3 is 2.33 bits per heavy atom. The van der Waals surface area contributed by atoms with E-state index < -0.39 is 5.82 Å². The minimum atomic E-state index is -0.442. The molecule has 1 heterocycles. The van der Waals surface area contributed by atoms with Crippen molar-refractivity contribution < 1.29 is 4.39 Å². The topological polar surface area (TPSA) is 22.0 Å². The highest BCUT2D eigenvalue weighted by Crippen LogP contribution is 1.98. The SMILES string of the molecule is CC.Cc1cn(C)c(=O)cc1F. The lowest BCUT2D eigenvalue weighted by Gasteiger charge is -1.97. The van der Waals surface area contributed by atoms with Crippen LogP contribution in [0.5, 0.6) is 0 Å². The van der Waals surface area contributed by atoms with Crippen molar-refractivity contribution in [2.75, 3.05) is 0 Å². The Morgan fingerprint density at radius 2 is 1.92 bits per heavy atom. The van der Waals surface area contributed by atoms with Crippen molar-refractivity contribution in [1.82, 2.24) is 4.57 Å². The molecular weight excluding hydrogens is 157 g/mol. The average molecular weight is 171 g/mol. The van der Waals surface area contributed by atoms with Crippen LogP contribution in [0.4, 0.5) is 4.39 Å². The molecule has 0 spiro atoms. The molecular formula is C9H14FNO. The van der Waals surface area contributed by atoms with Crippen LogP contribution < -0.4 is 5.56 Å². The molecule has 0 bridgehead atoms. The highest BCUT2D eigenvalue weighted by Gasteiger charge is 1.97. The van der Waals surface area contributed by atoms with E-state index in [1.807, 2.05) is 13.8 Å². The van der Waals surface area contributed by atoms with Crippen LogP contribution >= 0.6 is 0 Å². The van der Waals surface area contributed by atoms with Gasteiger partial charge in [-0.2, -0.15) is 0 Å². The lowest BCUT2D eigenvalue weighted by Crippen LogP contribution is -2.16. The van der Waals surface area contributed by atoms with Gasteiger partial charge in [0.05, 0.1) is 0 Å². The van der Waals surface area contributed by atoms with E-state index in [4.69, 9.17) is 0 Å². The van der Waals surface area contributed by atoms with Crippen LogP contribution in [0, 0.1) is 12.7 Å². The number of rotatable bonds is 0. The van der Waals surface area contributed by atoms with E-state index in [1.165, 1.54) is 10.8 Å². The van der Waals surface area contributed by atoms with E-state index in [0.29, 0.717) is 5.56 Å². The smallest absolute Gasteiger partial charge is 0.253 e. The van der Waals surface area contributed by atoms with E-state index in [1.54, 1.807) is 14.0 Å². The Balaban J connectivity index is 0.000000561. The summed E-state index contributed by atoms with van der Waals surface area (Å²) >= 11 is 0. The molecule has 12 heavy (non-hydrogen) atoms. The van der Waals surface area contributed by atoms with Crippen molar-refractivity contribution in [3.63, 3.8) is 0 Å². The zero-order valence-electron chi connectivity index (χ0n) is 7.89. The summed E-state index contributed by atoms with van der Waals surface area (Å²) < 4.78 is 13.9. The first-order valence-corrected chi connectivity index (χ1v) is 3.94. The highest BCUT2D eigenvalue weighted by molar-refractivity contribution is 5.09. The normalized spacial score (nSPS) is 8.75. The predicted molar refractivity (Wildman–Crippen MR) is 47.7 cm³/mol. The monoisotopic (exact) mass is 171 g/mol. The van der Waals surface area contributed by atoms with Gasteiger partial charge >= 0.3 is 0 Å². The van der Waals surface area contributed by atoms with Crippen molar-refractivity contribution >= 4 is 0 Å². The van der Waals surface area contributed by atoms with Crippen LogP contribution in [-0.4, -0.2) is 4.57 Å². The largest absolute Gasteiger partial charge is 0.318 e. The first-order valence-electron chi connectivity index (χ1n) is 3.94. The second-order valence-corrected chi connectivity index (χ2v) is 2.25. The standard InChI is InChI=1S/C7H8FNO.C2H6/c1-5-4-9(2)7(10)3-6(5)8;1-2/h3-4H,1-2H3;1-2H3. The molecule has 3 heteroatoms. The molecule has 0 aliphatic heterocycles. The van der Waals surface area contributed by atoms with Crippen molar-refractivity contribution in [3.8, 4) is 0 Å². The van der Waals surface area contributed by atoms with Crippen LogP contribution in [0.3, 0.4) is 0 Å². The first kappa shape index (κ1) is 10.9. The van der Waals surface area contributed by atoms with Gasteiger partial charge in [0.25, 0.3) is 5.56 Å². The molecule has 0 fully saturated rings. The zero-order valence-corrected chi connectivity index (χ0v) is 7.89. The van der Waals surface area contributed by atoms with Gasteiger partial charge in [-0.25, -0.2) is 4.39 Å². The molecule has 1 aromatic heterocycles. The maximum Gasteiger partial charge on any atom is 0.253 e. The number of pyridine rings is 1. The molecule has 0 aliphatic rings. The molecule has 0 aliphatic carbocycles. The molecule has 0 aromatic carbocycles. The number of hydrogen-bond donors (Lipinski definition) is 0. The van der Waals surface area contributed by atoms with E-state index in [2.05, 4.69) is 0 Å². The summed E-state index contributed by atoms with van der Waals surface area (Å²) in [6, 6.07) is 0.981. The van der Waals surface area contributed by atoms with Crippen molar-refractivity contribution in [2.45, 2.75) is 20.8 Å². The third kappa shape index (κ3) is 2.49. The maximum absolute atomic E-state index is 12.5. The Morgan fingerprint density at radius 1 is 1.42 bits per heavy atom. The molecule has 0 saturated carbocycles. The van der Waals surface area contributed by atoms with Gasteiger partial charge in [-0.1, -0.05) is 13.8 Å². The Hall–Kier alpha value is -1.12. The molecule has 0 radical (unpaired) electrons. The minimum Gasteiger partial charge on any atom is -0.318 e. The predicted octanol–water partition coefficient (Wildman–Crippen LogP) is 1.86. The summed E-state index contributed by atoms with van der Waals surface area (Å²) in [5.74, 6) is -0.442. The summed E-state index contributed by atoms with van der Waals surface area (Å²) in [7, 11) is 1.59. The number of aryl methyl sites for hydroxylation is 2. The van der Waals surface area contributed by atoms with Gasteiger partial charge in [-0.05, 0) is 6.92 Å². The Bertz CT molecular complexity index is 304. The molecule has 0 unspecified atom stereocenters. The molecule has 1 rings (SSSR count). The number of nitrogens with zero attached hydrogens (tertiary/aromatic N) is 1. The molecule has 1 aromatic rings.